The van der Waals surface area contributed by atoms with Crippen LogP contribution >= 0.6 is 11.8 Å². The summed E-state index contributed by atoms with van der Waals surface area (Å²) in [5.74, 6) is 0.180. The molecule has 1 aliphatic heterocycles. The molecule has 0 saturated heterocycles. The number of nitrogens with two attached hydrogens (primary N) is 1. The number of thioether (sulfide) groups is 1. The number of aliphatic imine (C=N–C) groups is 1. The van der Waals surface area contributed by atoms with Crippen molar-refractivity contribution in [1.82, 2.24) is 14.8 Å². The first kappa shape index (κ1) is 18.1. The highest BCUT2D eigenvalue weighted by molar-refractivity contribution is 8.14. The number of amidine groups is 1. The Hall–Kier alpha value is -2.68. The van der Waals surface area contributed by atoms with Gasteiger partial charge in [0.1, 0.15) is 12.7 Å². The quantitative estimate of drug-likeness (QED) is 0.612. The van der Waals surface area contributed by atoms with Gasteiger partial charge in [-0.05, 0) is 12.0 Å². The highest BCUT2D eigenvalue weighted by Crippen LogP contribution is 2.45. The lowest BCUT2D eigenvalue weighted by molar-refractivity contribution is -0.384. The lowest BCUT2D eigenvalue weighted by atomic mass is 9.97. The highest BCUT2D eigenvalue weighted by atomic mass is 32.2. The Morgan fingerprint density at radius 3 is 2.92 bits per heavy atom. The van der Waals surface area contributed by atoms with Gasteiger partial charge in [0.25, 0.3) is 5.69 Å². The molecule has 3 rings (SSSR count). The molecule has 0 radical (unpaired) electrons. The van der Waals surface area contributed by atoms with Crippen LogP contribution in [0, 0.1) is 16.0 Å². The molecule has 2 unspecified atom stereocenters. The molecule has 2 N–H and O–H groups in total. The van der Waals surface area contributed by atoms with E-state index in [1.54, 1.807) is 23.1 Å². The van der Waals surface area contributed by atoms with Crippen LogP contribution in [0.25, 0.3) is 5.70 Å². The van der Waals surface area contributed by atoms with E-state index < -0.39 is 4.92 Å². The van der Waals surface area contributed by atoms with E-state index in [9.17, 15) is 10.1 Å². The topological polar surface area (TPSA) is 112 Å². The number of hydrogen-bond acceptors (Lipinski definition) is 7. The van der Waals surface area contributed by atoms with Crippen LogP contribution in [-0.2, 0) is 0 Å². The molecule has 0 amide bonds. The fraction of sp³-hybridized carbons (Fsp3) is 0.353. The van der Waals surface area contributed by atoms with Gasteiger partial charge in [0.05, 0.1) is 21.6 Å². The van der Waals surface area contributed by atoms with Crippen molar-refractivity contribution < 1.29 is 4.92 Å². The van der Waals surface area contributed by atoms with Crippen LogP contribution in [0.1, 0.15) is 37.5 Å². The Morgan fingerprint density at radius 2 is 2.27 bits per heavy atom. The molecule has 8 nitrogen and oxygen atoms in total. The van der Waals surface area contributed by atoms with Crippen LogP contribution < -0.4 is 5.73 Å². The number of non-ortho nitro benzene ring substituents is 1. The number of nitrogens with zero attached hydrogens (tertiary/aromatic N) is 5. The third kappa shape index (κ3) is 3.62. The fourth-order valence-corrected chi connectivity index (χ4v) is 4.06. The highest BCUT2D eigenvalue weighted by Gasteiger charge is 2.31. The maximum atomic E-state index is 11.2. The van der Waals surface area contributed by atoms with Crippen molar-refractivity contribution >= 4 is 28.3 Å². The van der Waals surface area contributed by atoms with Crippen LogP contribution in [0.15, 0.2) is 47.6 Å². The Balaban J connectivity index is 2.16. The van der Waals surface area contributed by atoms with Crippen LogP contribution in [0.3, 0.4) is 0 Å². The summed E-state index contributed by atoms with van der Waals surface area (Å²) in [4.78, 5) is 19.4. The average molecular weight is 372 g/mol. The first-order valence-electron chi connectivity index (χ1n) is 8.35. The summed E-state index contributed by atoms with van der Waals surface area (Å²) >= 11 is 1.36. The van der Waals surface area contributed by atoms with Crippen molar-refractivity contribution in [3.8, 4) is 0 Å². The van der Waals surface area contributed by atoms with Gasteiger partial charge < -0.3 is 5.73 Å². The second-order valence-electron chi connectivity index (χ2n) is 6.10. The summed E-state index contributed by atoms with van der Waals surface area (Å²) < 4.78 is 1.69. The summed E-state index contributed by atoms with van der Waals surface area (Å²) in [6, 6.07) is 6.61. The van der Waals surface area contributed by atoms with E-state index in [2.05, 4.69) is 28.9 Å². The number of nitro benzene ring substituents is 1. The fourth-order valence-electron chi connectivity index (χ4n) is 3.04. The molecule has 9 heteroatoms. The van der Waals surface area contributed by atoms with Crippen LogP contribution in [0.2, 0.25) is 0 Å². The summed E-state index contributed by atoms with van der Waals surface area (Å²) in [5.41, 5.74) is 8.63. The molecule has 1 aliphatic rings. The number of aromatic nitrogens is 3. The van der Waals surface area contributed by atoms with Gasteiger partial charge in [-0.2, -0.15) is 5.10 Å². The number of benzene rings is 1. The Bertz CT molecular complexity index is 862. The second-order valence-corrected chi connectivity index (χ2v) is 7.23. The molecule has 2 atom stereocenters. The predicted molar refractivity (Wildman–Crippen MR) is 102 cm³/mol. The standard InChI is InChI=1S/C17H20N6O2S/c1-3-5-11(2)14-15(22-10-19-9-20-22)16(26-17(18)21-14)12-6-4-7-13(8-12)23(24)25/h4,6-11,16H,3,5H2,1-2H3,(H2,18,21). The number of nitro groups is 1. The van der Waals surface area contributed by atoms with Crippen LogP contribution in [0.5, 0.6) is 0 Å². The van der Waals surface area contributed by atoms with E-state index in [0.717, 1.165) is 29.8 Å². The molecule has 26 heavy (non-hydrogen) atoms. The zero-order valence-electron chi connectivity index (χ0n) is 14.6. The minimum absolute atomic E-state index is 0.0466. The van der Waals surface area contributed by atoms with E-state index in [1.807, 2.05) is 6.07 Å². The lowest BCUT2D eigenvalue weighted by Crippen LogP contribution is -2.22. The summed E-state index contributed by atoms with van der Waals surface area (Å²) in [6.07, 6.45) is 5.05. The van der Waals surface area contributed by atoms with Gasteiger partial charge in [0.2, 0.25) is 0 Å². The number of allylic oxidation sites excluding steroid dienone is 1. The lowest BCUT2D eigenvalue weighted by Gasteiger charge is -2.28. The monoisotopic (exact) mass is 372 g/mol. The minimum Gasteiger partial charge on any atom is -0.378 e. The van der Waals surface area contributed by atoms with Gasteiger partial charge >= 0.3 is 0 Å². The number of rotatable bonds is 6. The Morgan fingerprint density at radius 1 is 1.46 bits per heavy atom. The van der Waals surface area contributed by atoms with Crippen LogP contribution in [0.4, 0.5) is 5.69 Å². The molecule has 0 saturated carbocycles. The first-order chi connectivity index (χ1) is 12.5. The Kier molecular flexibility index (Phi) is 5.36. The largest absolute Gasteiger partial charge is 0.378 e. The van der Waals surface area contributed by atoms with Gasteiger partial charge in [0, 0.05) is 18.1 Å². The normalized spacial score (nSPS) is 18.5. The predicted octanol–water partition coefficient (Wildman–Crippen LogP) is 3.59. The van der Waals surface area contributed by atoms with Gasteiger partial charge in [-0.3, -0.25) is 10.1 Å². The SMILES string of the molecule is CCCC(C)C1=C(n2cncn2)C(c2cccc([N+](=O)[O-])c2)SC(N)=N1. The van der Waals surface area contributed by atoms with Crippen LogP contribution in [-0.4, -0.2) is 24.9 Å². The van der Waals surface area contributed by atoms with E-state index >= 15 is 0 Å². The van der Waals surface area contributed by atoms with Gasteiger partial charge in [-0.15, -0.1) is 0 Å². The minimum atomic E-state index is -0.395. The van der Waals surface area contributed by atoms with Crippen molar-refractivity contribution in [3.63, 3.8) is 0 Å². The molecule has 2 aromatic rings. The van der Waals surface area contributed by atoms with Gasteiger partial charge in [0.15, 0.2) is 5.17 Å². The number of hydrogen-bond donors (Lipinski definition) is 1. The smallest absolute Gasteiger partial charge is 0.269 e. The molecular weight excluding hydrogens is 352 g/mol. The maximum Gasteiger partial charge on any atom is 0.269 e. The molecule has 2 heterocycles. The summed E-state index contributed by atoms with van der Waals surface area (Å²) in [6.45, 7) is 4.22. The molecule has 136 valence electrons. The Labute approximate surface area is 155 Å². The van der Waals surface area contributed by atoms with E-state index in [4.69, 9.17) is 5.73 Å². The summed E-state index contributed by atoms with van der Waals surface area (Å²) in [7, 11) is 0. The van der Waals surface area contributed by atoms with Gasteiger partial charge in [-0.1, -0.05) is 44.2 Å². The third-order valence-electron chi connectivity index (χ3n) is 4.22. The molecular formula is C17H20N6O2S. The zero-order valence-corrected chi connectivity index (χ0v) is 15.4. The zero-order chi connectivity index (χ0) is 18.7. The molecule has 0 spiro atoms. The molecule has 1 aromatic carbocycles. The van der Waals surface area contributed by atoms with E-state index in [0.29, 0.717) is 5.17 Å². The average Bonchev–Trinajstić information content (AvgIpc) is 3.15. The summed E-state index contributed by atoms with van der Waals surface area (Å²) in [5, 5.41) is 15.7. The van der Waals surface area contributed by atoms with Crippen molar-refractivity contribution in [3.05, 3.63) is 58.3 Å². The van der Waals surface area contributed by atoms with E-state index in [1.165, 1.54) is 24.2 Å². The molecule has 0 aliphatic carbocycles. The molecule has 0 bridgehead atoms. The second kappa shape index (κ2) is 7.69. The molecule has 0 fully saturated rings. The third-order valence-corrected chi connectivity index (χ3v) is 5.28. The van der Waals surface area contributed by atoms with Crippen molar-refractivity contribution in [2.75, 3.05) is 0 Å². The van der Waals surface area contributed by atoms with Crippen molar-refractivity contribution in [2.24, 2.45) is 16.6 Å². The van der Waals surface area contributed by atoms with Crippen molar-refractivity contribution in [2.45, 2.75) is 31.9 Å². The van der Waals surface area contributed by atoms with E-state index in [-0.39, 0.29) is 16.9 Å². The molecule has 1 aromatic heterocycles. The van der Waals surface area contributed by atoms with Crippen molar-refractivity contribution in [1.29, 1.82) is 0 Å². The van der Waals surface area contributed by atoms with Gasteiger partial charge in [-0.25, -0.2) is 14.7 Å². The maximum absolute atomic E-state index is 11.2. The first-order valence-corrected chi connectivity index (χ1v) is 9.23.